The van der Waals surface area contributed by atoms with E-state index < -0.39 is 0 Å². The molecule has 2 aromatic heterocycles. The lowest BCUT2D eigenvalue weighted by atomic mass is 9.80. The molecule has 0 amide bonds. The van der Waals surface area contributed by atoms with Crippen molar-refractivity contribution in [1.29, 1.82) is 0 Å². The fourth-order valence-corrected chi connectivity index (χ4v) is 6.51. The summed E-state index contributed by atoms with van der Waals surface area (Å²) in [7, 11) is 0. The Balaban J connectivity index is 1.47. The van der Waals surface area contributed by atoms with E-state index in [9.17, 15) is 4.79 Å². The molecule has 1 N–H and O–H groups in total. The number of morpholine rings is 1. The van der Waals surface area contributed by atoms with Crippen molar-refractivity contribution in [3.05, 3.63) is 41.7 Å². The van der Waals surface area contributed by atoms with E-state index in [0.717, 1.165) is 36.3 Å². The van der Waals surface area contributed by atoms with Gasteiger partial charge in [0, 0.05) is 26.1 Å². The fraction of sp³-hybridized carbons (Fsp3) is 0.613. The van der Waals surface area contributed by atoms with Gasteiger partial charge in [0.25, 0.3) is 0 Å². The molecule has 0 bridgehead atoms. The highest BCUT2D eigenvalue weighted by molar-refractivity contribution is 5.95. The maximum absolute atomic E-state index is 12.5. The third kappa shape index (κ3) is 5.40. The number of anilines is 2. The number of ketones is 1. The van der Waals surface area contributed by atoms with Crippen molar-refractivity contribution in [3.63, 3.8) is 0 Å². The summed E-state index contributed by atoms with van der Waals surface area (Å²) in [5.41, 5.74) is 2.75. The smallest absolute Gasteiger partial charge is 0.208 e. The van der Waals surface area contributed by atoms with Crippen LogP contribution >= 0.6 is 0 Å². The van der Waals surface area contributed by atoms with Crippen molar-refractivity contribution in [1.82, 2.24) is 19.5 Å². The molecule has 0 radical (unpaired) electrons. The summed E-state index contributed by atoms with van der Waals surface area (Å²) in [6.45, 7) is 9.04. The molecule has 1 aliphatic heterocycles. The minimum Gasteiger partial charge on any atom is -0.377 e. The van der Waals surface area contributed by atoms with Gasteiger partial charge in [0.1, 0.15) is 5.52 Å². The van der Waals surface area contributed by atoms with Gasteiger partial charge in [0.05, 0.1) is 19.3 Å². The number of hydrogen-bond donors (Lipinski definition) is 1. The zero-order chi connectivity index (χ0) is 26.9. The van der Waals surface area contributed by atoms with Crippen LogP contribution in [0.25, 0.3) is 11.2 Å². The van der Waals surface area contributed by atoms with E-state index in [1.807, 2.05) is 0 Å². The lowest BCUT2D eigenvalue weighted by Crippen LogP contribution is -2.41. The molecular formula is C31H42N6O2. The molecule has 3 aromatic rings. The first kappa shape index (κ1) is 26.2. The van der Waals surface area contributed by atoms with Crippen LogP contribution in [0.15, 0.2) is 30.3 Å². The van der Waals surface area contributed by atoms with Crippen molar-refractivity contribution in [2.75, 3.05) is 30.0 Å². The van der Waals surface area contributed by atoms with Gasteiger partial charge in [0.2, 0.25) is 5.95 Å². The maximum atomic E-state index is 12.5. The molecule has 208 valence electrons. The summed E-state index contributed by atoms with van der Waals surface area (Å²) in [6, 6.07) is 10.9. The van der Waals surface area contributed by atoms with Crippen LogP contribution in [0.5, 0.6) is 0 Å². The Bertz CT molecular complexity index is 1300. The van der Waals surface area contributed by atoms with Gasteiger partial charge in [-0.3, -0.25) is 4.79 Å². The topological polar surface area (TPSA) is 85.2 Å². The second kappa shape index (κ2) is 11.2. The van der Waals surface area contributed by atoms with Crippen molar-refractivity contribution in [2.24, 2.45) is 17.8 Å². The molecule has 8 heteroatoms. The zero-order valence-electron chi connectivity index (χ0n) is 23.6. The monoisotopic (exact) mass is 530 g/mol. The van der Waals surface area contributed by atoms with Gasteiger partial charge in [0.15, 0.2) is 23.1 Å². The fourth-order valence-electron chi connectivity index (χ4n) is 6.51. The number of benzene rings is 1. The first-order chi connectivity index (χ1) is 19.0. The van der Waals surface area contributed by atoms with Crippen LogP contribution in [0.3, 0.4) is 0 Å². The molecule has 1 aromatic carbocycles. The molecule has 2 aliphatic carbocycles. The van der Waals surface area contributed by atoms with Gasteiger partial charge in [-0.2, -0.15) is 4.98 Å². The van der Waals surface area contributed by atoms with Gasteiger partial charge in [-0.05, 0) is 55.9 Å². The largest absolute Gasteiger partial charge is 0.377 e. The number of imidazole rings is 1. The third-order valence-electron chi connectivity index (χ3n) is 9.26. The summed E-state index contributed by atoms with van der Waals surface area (Å²) in [5, 5.41) is 3.72. The minimum atomic E-state index is -0.137. The summed E-state index contributed by atoms with van der Waals surface area (Å²) < 4.78 is 8.34. The number of hydrogen-bond acceptors (Lipinski definition) is 7. The Morgan fingerprint density at radius 1 is 1.08 bits per heavy atom. The first-order valence-corrected chi connectivity index (χ1v) is 14.9. The van der Waals surface area contributed by atoms with E-state index >= 15 is 0 Å². The highest BCUT2D eigenvalue weighted by Gasteiger charge is 2.33. The maximum Gasteiger partial charge on any atom is 0.208 e. The molecule has 39 heavy (non-hydrogen) atoms. The molecular weight excluding hydrogens is 488 g/mol. The zero-order valence-corrected chi connectivity index (χ0v) is 23.6. The molecule has 3 aliphatic rings. The number of nitrogens with zero attached hydrogens (tertiary/aromatic N) is 5. The number of nitrogens with one attached hydrogen (secondary N) is 1. The number of carbonyl (C=O) groups is 1. The van der Waals surface area contributed by atoms with Crippen LogP contribution in [0, 0.1) is 17.8 Å². The van der Waals surface area contributed by atoms with Gasteiger partial charge < -0.3 is 19.5 Å². The number of Topliss-reactive ketones (excluding diaryl/α,β-unsaturated/α-hetero) is 1. The quantitative estimate of drug-likeness (QED) is 0.356. The van der Waals surface area contributed by atoms with Gasteiger partial charge in [-0.1, -0.05) is 56.5 Å². The Morgan fingerprint density at radius 2 is 1.85 bits per heavy atom. The number of ether oxygens (including phenoxy) is 1. The molecule has 8 nitrogen and oxygen atoms in total. The van der Waals surface area contributed by atoms with Crippen molar-refractivity contribution < 1.29 is 9.53 Å². The second-order valence-electron chi connectivity index (χ2n) is 12.1. The molecule has 0 unspecified atom stereocenters. The van der Waals surface area contributed by atoms with Crippen molar-refractivity contribution in [3.8, 4) is 0 Å². The van der Waals surface area contributed by atoms with Crippen LogP contribution in [0.2, 0.25) is 0 Å². The average molecular weight is 531 g/mol. The van der Waals surface area contributed by atoms with Crippen LogP contribution < -0.4 is 10.2 Å². The highest BCUT2D eigenvalue weighted by atomic mass is 16.5. The van der Waals surface area contributed by atoms with E-state index in [4.69, 9.17) is 19.7 Å². The summed E-state index contributed by atoms with van der Waals surface area (Å²) in [5.74, 6) is 3.76. The Morgan fingerprint density at radius 3 is 2.54 bits per heavy atom. The second-order valence-corrected chi connectivity index (χ2v) is 12.1. The van der Waals surface area contributed by atoms with Crippen molar-refractivity contribution >= 4 is 28.7 Å². The summed E-state index contributed by atoms with van der Waals surface area (Å²) in [6.07, 6.45) is 8.74. The molecule has 3 heterocycles. The molecule has 1 saturated heterocycles. The van der Waals surface area contributed by atoms with Gasteiger partial charge in [-0.15, -0.1) is 0 Å². The number of carbonyl (C=O) groups excluding carboxylic acids is 1. The van der Waals surface area contributed by atoms with E-state index in [1.54, 1.807) is 0 Å². The molecule has 6 rings (SSSR count). The Kier molecular flexibility index (Phi) is 7.56. The molecule has 2 saturated carbocycles. The van der Waals surface area contributed by atoms with Crippen LogP contribution in [-0.4, -0.2) is 51.1 Å². The van der Waals surface area contributed by atoms with E-state index in [1.165, 1.54) is 57.4 Å². The minimum absolute atomic E-state index is 0.0624. The summed E-state index contributed by atoms with van der Waals surface area (Å²) in [4.78, 5) is 29.6. The Hall–Kier alpha value is -3.00. The van der Waals surface area contributed by atoms with E-state index in [0.29, 0.717) is 30.7 Å². The van der Waals surface area contributed by atoms with Crippen molar-refractivity contribution in [2.45, 2.75) is 84.3 Å². The van der Waals surface area contributed by atoms with Gasteiger partial charge >= 0.3 is 0 Å². The number of rotatable bonds is 8. The van der Waals surface area contributed by atoms with E-state index in [-0.39, 0.29) is 23.7 Å². The van der Waals surface area contributed by atoms with Crippen LogP contribution in [0.1, 0.15) is 87.9 Å². The van der Waals surface area contributed by atoms with Crippen LogP contribution in [-0.2, 0) is 11.3 Å². The predicted octanol–water partition coefficient (Wildman–Crippen LogP) is 6.03. The predicted molar refractivity (Wildman–Crippen MR) is 154 cm³/mol. The molecule has 3 fully saturated rings. The average Bonchev–Trinajstić information content (AvgIpc) is 3.27. The number of fused-ring (bicyclic) bond motifs is 1. The Labute approximate surface area is 231 Å². The van der Waals surface area contributed by atoms with Crippen LogP contribution in [0.4, 0.5) is 11.8 Å². The standard InChI is InChI=1S/C31H42N6O2/c1-20-12-14-23(15-13-20)18-37-27-29(32-21(2)24-10-7-11-24)33-28(22(3)38)34-30(27)35-31(37)36-16-17-39-19-26(36)25-8-5-4-6-9-25/h4-6,8-9,20-21,23-24,26H,7,10-19H2,1-3H3,(H,32,33,34)/t20-,21-,23-,26+/m1/s1. The third-order valence-corrected chi connectivity index (χ3v) is 9.26. The first-order valence-electron chi connectivity index (χ1n) is 14.9. The van der Waals surface area contributed by atoms with E-state index in [2.05, 4.69) is 59.0 Å². The molecule has 2 atom stereocenters. The normalized spacial score (nSPS) is 24.9. The SMILES string of the molecule is CC(=O)c1nc(N[C@H](C)C2CCC2)c2c(n1)nc(N1CCOC[C@H]1c1ccccc1)n2C[C@H]1CC[C@H](C)CC1. The highest BCUT2D eigenvalue weighted by Crippen LogP contribution is 2.38. The summed E-state index contributed by atoms with van der Waals surface area (Å²) >= 11 is 0. The lowest BCUT2D eigenvalue weighted by molar-refractivity contribution is 0.0927. The van der Waals surface area contributed by atoms with Gasteiger partial charge in [-0.25, -0.2) is 9.97 Å². The molecule has 0 spiro atoms. The lowest BCUT2D eigenvalue weighted by Gasteiger charge is -2.37. The number of aromatic nitrogens is 4.